The topological polar surface area (TPSA) is 78.9 Å². The molecule has 0 aliphatic carbocycles. The average molecular weight is 1110 g/mol. The van der Waals surface area contributed by atoms with E-state index in [4.69, 9.17) is 14.2 Å². The van der Waals surface area contributed by atoms with Crippen molar-refractivity contribution in [1.82, 2.24) is 0 Å². The lowest BCUT2D eigenvalue weighted by Gasteiger charge is -2.18. The quantitative estimate of drug-likeness (QED) is 0.0261. The number of hydrogen-bond donors (Lipinski definition) is 0. The van der Waals surface area contributed by atoms with E-state index in [-0.39, 0.29) is 31.1 Å². The van der Waals surface area contributed by atoms with Crippen LogP contribution in [0.2, 0.25) is 0 Å². The van der Waals surface area contributed by atoms with E-state index in [2.05, 4.69) is 142 Å². The maximum atomic E-state index is 12.9. The Balaban J connectivity index is 4.14. The molecule has 0 amide bonds. The Morgan fingerprint density at radius 2 is 0.487 bits per heavy atom. The molecular formula is C74H124O6. The van der Waals surface area contributed by atoms with Crippen molar-refractivity contribution in [2.24, 2.45) is 0 Å². The van der Waals surface area contributed by atoms with Gasteiger partial charge in [-0.05, 0) is 116 Å². The highest BCUT2D eigenvalue weighted by molar-refractivity contribution is 5.71. The Labute approximate surface area is 494 Å². The Bertz CT molecular complexity index is 1650. The van der Waals surface area contributed by atoms with Crippen LogP contribution in [-0.2, 0) is 28.6 Å². The predicted octanol–water partition coefficient (Wildman–Crippen LogP) is 23.2. The van der Waals surface area contributed by atoms with Crippen LogP contribution in [0, 0.1) is 0 Å². The molecule has 0 aliphatic heterocycles. The van der Waals surface area contributed by atoms with Crippen LogP contribution in [-0.4, -0.2) is 37.2 Å². The number of rotatable bonds is 60. The fourth-order valence-electron chi connectivity index (χ4n) is 9.20. The molecule has 456 valence electrons. The Hall–Kier alpha value is -4.19. The number of allylic oxidation sites excluding steroid dienone is 20. The Morgan fingerprint density at radius 3 is 0.762 bits per heavy atom. The minimum absolute atomic E-state index is 0.0868. The molecule has 0 spiro atoms. The van der Waals surface area contributed by atoms with Crippen molar-refractivity contribution < 1.29 is 28.6 Å². The lowest BCUT2D eigenvalue weighted by molar-refractivity contribution is -0.167. The van der Waals surface area contributed by atoms with Gasteiger partial charge in [0.1, 0.15) is 13.2 Å². The van der Waals surface area contributed by atoms with Gasteiger partial charge in [-0.1, -0.05) is 296 Å². The third-order valence-electron chi connectivity index (χ3n) is 14.2. The van der Waals surface area contributed by atoms with Crippen LogP contribution < -0.4 is 0 Å². The summed E-state index contributed by atoms with van der Waals surface area (Å²) in [6.45, 7) is 6.45. The van der Waals surface area contributed by atoms with Crippen molar-refractivity contribution in [1.29, 1.82) is 0 Å². The number of unbranched alkanes of at least 4 members (excludes halogenated alkanes) is 29. The van der Waals surface area contributed by atoms with Gasteiger partial charge in [-0.25, -0.2) is 0 Å². The van der Waals surface area contributed by atoms with Gasteiger partial charge in [0.25, 0.3) is 0 Å². The van der Waals surface area contributed by atoms with E-state index < -0.39 is 6.10 Å². The normalized spacial score (nSPS) is 12.9. The second-order valence-corrected chi connectivity index (χ2v) is 22.0. The van der Waals surface area contributed by atoms with Gasteiger partial charge in [-0.15, -0.1) is 0 Å². The van der Waals surface area contributed by atoms with Crippen molar-refractivity contribution in [2.45, 2.75) is 316 Å². The van der Waals surface area contributed by atoms with E-state index in [9.17, 15) is 14.4 Å². The second kappa shape index (κ2) is 67.3. The minimum Gasteiger partial charge on any atom is -0.462 e. The van der Waals surface area contributed by atoms with Crippen LogP contribution in [0.3, 0.4) is 0 Å². The lowest BCUT2D eigenvalue weighted by Crippen LogP contribution is -2.30. The number of hydrogen-bond acceptors (Lipinski definition) is 6. The standard InChI is InChI=1S/C74H124O6/c1-4-7-10-13-16-18-20-22-24-26-28-30-32-34-36-37-39-40-42-44-46-48-50-52-54-56-58-61-64-67-73(76)79-70-71(69-78-72(75)66-63-60-15-12-9-6-3)80-74(77)68-65-62-59-57-55-53-51-49-47-45-43-41-38-35-33-31-29-27-25-23-21-19-17-14-11-8-5-2/h7,10,16,18,21-24,27-30,34,36,39-40,44,46,50,52,71H,4-6,8-9,11-15,17,19-20,25-26,31-33,35,37-38,41-43,45,47-49,51,53-70H2,1-3H3/b10-7-,18-16-,23-21-,24-22-,29-27-,30-28-,36-34-,40-39-,46-44-,52-50-. The molecule has 0 aliphatic rings. The highest BCUT2D eigenvalue weighted by atomic mass is 16.6. The summed E-state index contributed by atoms with van der Waals surface area (Å²) in [5.74, 6) is -0.917. The molecule has 6 heteroatoms. The summed E-state index contributed by atoms with van der Waals surface area (Å²) in [7, 11) is 0. The second-order valence-electron chi connectivity index (χ2n) is 22.0. The van der Waals surface area contributed by atoms with Crippen LogP contribution in [0.5, 0.6) is 0 Å². The Kier molecular flexibility index (Phi) is 63.8. The SMILES string of the molecule is CC/C=C\C/C=C\C/C=C\C/C=C\C/C=C\C/C=C\C/C=C\C/C=C\CCCCCCC(=O)OCC(COC(=O)CCCCCCCC)OC(=O)CCCCCCCCCCCCCCCCC/C=C\C/C=C\CCCCCCC. The first kappa shape index (κ1) is 75.8. The van der Waals surface area contributed by atoms with E-state index in [0.717, 1.165) is 128 Å². The molecule has 0 bridgehead atoms. The smallest absolute Gasteiger partial charge is 0.306 e. The molecule has 0 aromatic rings. The van der Waals surface area contributed by atoms with Gasteiger partial charge < -0.3 is 14.2 Å². The summed E-state index contributed by atoms with van der Waals surface area (Å²) in [5.41, 5.74) is 0. The molecule has 0 aromatic carbocycles. The highest BCUT2D eigenvalue weighted by Crippen LogP contribution is 2.16. The van der Waals surface area contributed by atoms with Crippen molar-refractivity contribution in [3.63, 3.8) is 0 Å². The lowest BCUT2D eigenvalue weighted by atomic mass is 10.0. The van der Waals surface area contributed by atoms with Gasteiger partial charge in [0, 0.05) is 19.3 Å². The largest absolute Gasteiger partial charge is 0.462 e. The van der Waals surface area contributed by atoms with Gasteiger partial charge in [-0.3, -0.25) is 14.4 Å². The molecule has 0 aromatic heterocycles. The van der Waals surface area contributed by atoms with Crippen LogP contribution in [0.15, 0.2) is 122 Å². The molecule has 1 unspecified atom stereocenters. The van der Waals surface area contributed by atoms with Gasteiger partial charge in [0.15, 0.2) is 6.10 Å². The van der Waals surface area contributed by atoms with Crippen LogP contribution in [0.4, 0.5) is 0 Å². The zero-order chi connectivity index (χ0) is 57.8. The van der Waals surface area contributed by atoms with Crippen LogP contribution >= 0.6 is 0 Å². The zero-order valence-corrected chi connectivity index (χ0v) is 52.3. The molecule has 0 saturated heterocycles. The van der Waals surface area contributed by atoms with Crippen molar-refractivity contribution in [3.8, 4) is 0 Å². The third kappa shape index (κ3) is 64.6. The van der Waals surface area contributed by atoms with Gasteiger partial charge >= 0.3 is 17.9 Å². The summed E-state index contributed by atoms with van der Waals surface area (Å²) in [6, 6.07) is 0. The number of ether oxygens (including phenoxy) is 3. The average Bonchev–Trinajstić information content (AvgIpc) is 3.46. The molecule has 6 nitrogen and oxygen atoms in total. The monoisotopic (exact) mass is 1110 g/mol. The molecule has 0 fully saturated rings. The third-order valence-corrected chi connectivity index (χ3v) is 14.2. The summed E-state index contributed by atoms with van der Waals surface area (Å²) in [5, 5.41) is 0. The van der Waals surface area contributed by atoms with E-state index >= 15 is 0 Å². The predicted molar refractivity (Wildman–Crippen MR) is 348 cm³/mol. The zero-order valence-electron chi connectivity index (χ0n) is 52.3. The number of esters is 3. The fourth-order valence-corrected chi connectivity index (χ4v) is 9.20. The number of carbonyl (C=O) groups is 3. The molecule has 80 heavy (non-hydrogen) atoms. The Morgan fingerprint density at radius 1 is 0.263 bits per heavy atom. The summed E-state index contributed by atoms with van der Waals surface area (Å²) >= 11 is 0. The number of carbonyl (C=O) groups excluding carboxylic acids is 3. The van der Waals surface area contributed by atoms with Gasteiger partial charge in [0.2, 0.25) is 0 Å². The maximum Gasteiger partial charge on any atom is 0.306 e. The fraction of sp³-hybridized carbons (Fsp3) is 0.689. The molecular weight excluding hydrogens is 985 g/mol. The first-order valence-corrected chi connectivity index (χ1v) is 33.5. The summed E-state index contributed by atoms with van der Waals surface area (Å²) in [4.78, 5) is 38.1. The van der Waals surface area contributed by atoms with Gasteiger partial charge in [0.05, 0.1) is 0 Å². The minimum atomic E-state index is -0.789. The van der Waals surface area contributed by atoms with Crippen molar-refractivity contribution in [3.05, 3.63) is 122 Å². The van der Waals surface area contributed by atoms with E-state index in [1.54, 1.807) is 0 Å². The molecule has 0 rings (SSSR count). The molecule has 1 atom stereocenters. The molecule has 0 N–H and O–H groups in total. The summed E-state index contributed by atoms with van der Waals surface area (Å²) < 4.78 is 16.8. The van der Waals surface area contributed by atoms with E-state index in [1.165, 1.54) is 141 Å². The highest BCUT2D eigenvalue weighted by Gasteiger charge is 2.19. The van der Waals surface area contributed by atoms with Crippen LogP contribution in [0.1, 0.15) is 310 Å². The molecule has 0 saturated carbocycles. The van der Waals surface area contributed by atoms with Crippen molar-refractivity contribution >= 4 is 17.9 Å². The van der Waals surface area contributed by atoms with E-state index in [0.29, 0.717) is 19.3 Å². The molecule has 0 radical (unpaired) electrons. The first-order valence-electron chi connectivity index (χ1n) is 33.5. The van der Waals surface area contributed by atoms with E-state index in [1.807, 2.05) is 0 Å². The van der Waals surface area contributed by atoms with Crippen molar-refractivity contribution in [2.75, 3.05) is 13.2 Å². The first-order chi connectivity index (χ1) is 39.5. The molecule has 0 heterocycles. The van der Waals surface area contributed by atoms with Crippen LogP contribution in [0.25, 0.3) is 0 Å². The summed E-state index contributed by atoms with van der Waals surface area (Å²) in [6.07, 6.45) is 93.9. The van der Waals surface area contributed by atoms with Gasteiger partial charge in [-0.2, -0.15) is 0 Å². The maximum absolute atomic E-state index is 12.9.